The first-order valence-corrected chi connectivity index (χ1v) is 9.85. The number of hydrogen-bond acceptors (Lipinski definition) is 4. The molecule has 25 heavy (non-hydrogen) atoms. The molecule has 4 nitrogen and oxygen atoms in total. The summed E-state index contributed by atoms with van der Waals surface area (Å²) in [4.78, 5) is 18.3. The first-order valence-electron chi connectivity index (χ1n) is 8.15. The molecule has 0 spiro atoms. The van der Waals surface area contributed by atoms with Crippen molar-refractivity contribution in [2.75, 3.05) is 13.2 Å². The molecule has 2 heterocycles. The average Bonchev–Trinajstić information content (AvgIpc) is 3.21. The van der Waals surface area contributed by atoms with Crippen LogP contribution in [0.5, 0.6) is 0 Å². The Morgan fingerprint density at radius 3 is 3.00 bits per heavy atom. The molecule has 0 radical (unpaired) electrons. The molecule has 0 aliphatic rings. The van der Waals surface area contributed by atoms with Gasteiger partial charge in [0.1, 0.15) is 0 Å². The molecule has 0 unspecified atom stereocenters. The lowest BCUT2D eigenvalue weighted by Crippen LogP contribution is -2.19. The zero-order valence-corrected chi connectivity index (χ0v) is 15.9. The molecule has 0 bridgehead atoms. The number of ether oxygens (including phenoxy) is 1. The van der Waals surface area contributed by atoms with Crippen LogP contribution in [0.15, 0.2) is 46.8 Å². The summed E-state index contributed by atoms with van der Waals surface area (Å²) in [5.74, 6) is -0.248. The van der Waals surface area contributed by atoms with Crippen molar-refractivity contribution in [3.8, 4) is 0 Å². The van der Waals surface area contributed by atoms with Crippen LogP contribution in [0.25, 0.3) is 16.3 Å². The molecule has 1 aromatic carbocycles. The van der Waals surface area contributed by atoms with Gasteiger partial charge in [-0.05, 0) is 49.1 Å². The van der Waals surface area contributed by atoms with E-state index in [-0.39, 0.29) is 5.91 Å². The van der Waals surface area contributed by atoms with E-state index < -0.39 is 0 Å². The number of benzene rings is 1. The lowest BCUT2D eigenvalue weighted by atomic mass is 10.2. The molecule has 0 aliphatic heterocycles. The minimum absolute atomic E-state index is 0.248. The van der Waals surface area contributed by atoms with Crippen molar-refractivity contribution in [1.29, 1.82) is 0 Å². The molecule has 3 rings (SSSR count). The monoisotopic (exact) mass is 372 g/mol. The third-order valence-corrected chi connectivity index (χ3v) is 5.52. The van der Waals surface area contributed by atoms with Crippen LogP contribution in [0.2, 0.25) is 0 Å². The molecule has 3 aromatic rings. The molecule has 6 heteroatoms. The van der Waals surface area contributed by atoms with Gasteiger partial charge in [0, 0.05) is 24.1 Å². The number of carbonyl (C=O) groups is 1. The zero-order valence-electron chi connectivity index (χ0n) is 14.3. The van der Waals surface area contributed by atoms with Gasteiger partial charge in [-0.3, -0.25) is 4.79 Å². The molecule has 0 aliphatic carbocycles. The molecular formula is C19H20N2O2S2. The normalized spacial score (nSPS) is 12.5. The fourth-order valence-electron chi connectivity index (χ4n) is 2.45. The lowest BCUT2D eigenvalue weighted by Gasteiger charge is -2.05. The van der Waals surface area contributed by atoms with Gasteiger partial charge < -0.3 is 9.30 Å². The Labute approximate surface area is 154 Å². The van der Waals surface area contributed by atoms with Gasteiger partial charge in [0.05, 0.1) is 16.8 Å². The van der Waals surface area contributed by atoms with E-state index in [9.17, 15) is 4.79 Å². The Kier molecular flexibility index (Phi) is 5.96. The lowest BCUT2D eigenvalue weighted by molar-refractivity contribution is -0.113. The van der Waals surface area contributed by atoms with Crippen LogP contribution in [0.4, 0.5) is 0 Å². The van der Waals surface area contributed by atoms with E-state index in [0.29, 0.717) is 24.6 Å². The number of aryl methyl sites for hydroxylation is 1. The van der Waals surface area contributed by atoms with E-state index in [1.54, 1.807) is 17.4 Å². The average molecular weight is 373 g/mol. The van der Waals surface area contributed by atoms with Crippen molar-refractivity contribution < 1.29 is 9.53 Å². The highest BCUT2D eigenvalue weighted by atomic mass is 32.1. The van der Waals surface area contributed by atoms with Crippen molar-refractivity contribution in [2.45, 2.75) is 20.4 Å². The van der Waals surface area contributed by atoms with Crippen LogP contribution in [-0.4, -0.2) is 23.7 Å². The van der Waals surface area contributed by atoms with Gasteiger partial charge >= 0.3 is 0 Å². The minimum Gasteiger partial charge on any atom is -0.380 e. The second-order valence-electron chi connectivity index (χ2n) is 5.50. The van der Waals surface area contributed by atoms with Crippen LogP contribution >= 0.6 is 22.7 Å². The summed E-state index contributed by atoms with van der Waals surface area (Å²) in [6.07, 6.45) is 3.33. The highest BCUT2D eigenvalue weighted by Gasteiger charge is 2.07. The number of hydrogen-bond donors (Lipinski definition) is 0. The van der Waals surface area contributed by atoms with E-state index in [4.69, 9.17) is 4.74 Å². The minimum atomic E-state index is -0.248. The highest BCUT2D eigenvalue weighted by Crippen LogP contribution is 2.19. The summed E-state index contributed by atoms with van der Waals surface area (Å²) in [5, 5.41) is 1.98. The van der Waals surface area contributed by atoms with Gasteiger partial charge in [0.15, 0.2) is 4.80 Å². The molecule has 0 saturated carbocycles. The summed E-state index contributed by atoms with van der Waals surface area (Å²) in [6, 6.07) is 10.2. The van der Waals surface area contributed by atoms with E-state index in [0.717, 1.165) is 15.1 Å². The SMILES string of the molecule is CCOCCn1c(=NC(=O)/C=C/c2cccs2)sc2cc(C)ccc21. The first-order chi connectivity index (χ1) is 12.2. The number of rotatable bonds is 6. The molecule has 2 aromatic heterocycles. The summed E-state index contributed by atoms with van der Waals surface area (Å²) >= 11 is 3.13. The quantitative estimate of drug-likeness (QED) is 0.480. The number of amides is 1. The smallest absolute Gasteiger partial charge is 0.272 e. The van der Waals surface area contributed by atoms with Crippen molar-refractivity contribution in [1.82, 2.24) is 4.57 Å². The Hall–Kier alpha value is -2.02. The third-order valence-electron chi connectivity index (χ3n) is 3.64. The highest BCUT2D eigenvalue weighted by molar-refractivity contribution is 7.16. The fourth-order valence-corrected chi connectivity index (χ4v) is 4.23. The molecule has 0 fully saturated rings. The molecule has 0 N–H and O–H groups in total. The third kappa shape index (κ3) is 4.54. The number of nitrogens with zero attached hydrogens (tertiary/aromatic N) is 2. The predicted octanol–water partition coefficient (Wildman–Crippen LogP) is 4.25. The second-order valence-corrected chi connectivity index (χ2v) is 7.49. The van der Waals surface area contributed by atoms with Gasteiger partial charge in [-0.15, -0.1) is 11.3 Å². The van der Waals surface area contributed by atoms with Gasteiger partial charge in [0.2, 0.25) is 0 Å². The molecule has 0 saturated heterocycles. The number of fused-ring (bicyclic) bond motifs is 1. The summed E-state index contributed by atoms with van der Waals surface area (Å²) in [6.45, 7) is 6.00. The zero-order chi connectivity index (χ0) is 17.6. The van der Waals surface area contributed by atoms with Crippen LogP contribution in [0.1, 0.15) is 17.4 Å². The maximum atomic E-state index is 12.2. The largest absolute Gasteiger partial charge is 0.380 e. The Bertz CT molecular complexity index is 950. The van der Waals surface area contributed by atoms with Crippen molar-refractivity contribution in [3.63, 3.8) is 0 Å². The van der Waals surface area contributed by atoms with Crippen LogP contribution in [-0.2, 0) is 16.1 Å². The Balaban J connectivity index is 1.95. The maximum Gasteiger partial charge on any atom is 0.272 e. The van der Waals surface area contributed by atoms with E-state index in [2.05, 4.69) is 34.7 Å². The van der Waals surface area contributed by atoms with Gasteiger partial charge in [-0.25, -0.2) is 0 Å². The van der Waals surface area contributed by atoms with Crippen molar-refractivity contribution in [3.05, 3.63) is 57.0 Å². The van der Waals surface area contributed by atoms with Crippen LogP contribution in [0, 0.1) is 6.92 Å². The van der Waals surface area contributed by atoms with Gasteiger partial charge in [-0.2, -0.15) is 4.99 Å². The van der Waals surface area contributed by atoms with E-state index in [1.807, 2.05) is 24.4 Å². The van der Waals surface area contributed by atoms with Crippen LogP contribution < -0.4 is 4.80 Å². The van der Waals surface area contributed by atoms with E-state index >= 15 is 0 Å². The second kappa shape index (κ2) is 8.38. The van der Waals surface area contributed by atoms with E-state index in [1.165, 1.54) is 23.0 Å². The summed E-state index contributed by atoms with van der Waals surface area (Å²) < 4.78 is 8.67. The van der Waals surface area contributed by atoms with Crippen molar-refractivity contribution in [2.24, 2.45) is 4.99 Å². The Morgan fingerprint density at radius 2 is 2.24 bits per heavy atom. The predicted molar refractivity (Wildman–Crippen MR) is 105 cm³/mol. The topological polar surface area (TPSA) is 43.6 Å². The number of carbonyl (C=O) groups excluding carboxylic acids is 1. The van der Waals surface area contributed by atoms with Gasteiger partial charge in [0.25, 0.3) is 5.91 Å². The number of thiazole rings is 1. The van der Waals surface area contributed by atoms with Crippen molar-refractivity contribution >= 4 is 44.9 Å². The molecular weight excluding hydrogens is 352 g/mol. The molecule has 1 amide bonds. The number of aromatic nitrogens is 1. The van der Waals surface area contributed by atoms with Gasteiger partial charge in [-0.1, -0.05) is 23.5 Å². The molecule has 0 atom stereocenters. The van der Waals surface area contributed by atoms with Crippen LogP contribution in [0.3, 0.4) is 0 Å². The summed E-state index contributed by atoms with van der Waals surface area (Å²) in [7, 11) is 0. The first kappa shape index (κ1) is 17.8. The molecule has 130 valence electrons. The summed E-state index contributed by atoms with van der Waals surface area (Å²) in [5.41, 5.74) is 2.28. The number of thiophene rings is 1. The standard InChI is InChI=1S/C19H20N2O2S2/c1-3-23-11-10-21-16-8-6-14(2)13-17(16)25-19(21)20-18(22)9-7-15-5-4-12-24-15/h4-9,12-13H,3,10-11H2,1-2H3/b9-7+,20-19?. The Morgan fingerprint density at radius 1 is 1.36 bits per heavy atom. The maximum absolute atomic E-state index is 12.2. The fraction of sp³-hybridized carbons (Fsp3) is 0.263.